The van der Waals surface area contributed by atoms with Gasteiger partial charge in [-0.2, -0.15) is 0 Å². The maximum atomic E-state index is 13.6. The van der Waals surface area contributed by atoms with Crippen LogP contribution in [0.3, 0.4) is 0 Å². The van der Waals surface area contributed by atoms with E-state index in [0.29, 0.717) is 37.8 Å². The van der Waals surface area contributed by atoms with Gasteiger partial charge in [-0.05, 0) is 94.7 Å². The third kappa shape index (κ3) is 15.6. The van der Waals surface area contributed by atoms with Crippen LogP contribution in [0.25, 0.3) is 11.1 Å². The van der Waals surface area contributed by atoms with Gasteiger partial charge in [-0.25, -0.2) is 0 Å². The van der Waals surface area contributed by atoms with Crippen LogP contribution < -0.4 is 32.3 Å². The molecule has 0 saturated heterocycles. The third-order valence-corrected chi connectivity index (χ3v) is 9.18. The minimum absolute atomic E-state index is 0.207. The van der Waals surface area contributed by atoms with Crippen molar-refractivity contribution < 1.29 is 39.1 Å². The molecular formula is C39H61BN6O8. The number of rotatable bonds is 24. The number of aliphatic hydroxyl groups is 1. The molecule has 0 bridgehead atoms. The Morgan fingerprint density at radius 2 is 1.19 bits per heavy atom. The molecule has 0 radical (unpaired) electrons. The minimum Gasteiger partial charge on any atom is -0.426 e. The highest BCUT2D eigenvalue weighted by Gasteiger charge is 2.33. The summed E-state index contributed by atoms with van der Waals surface area (Å²) in [4.78, 5) is 66.1. The fourth-order valence-electron chi connectivity index (χ4n) is 5.65. The lowest BCUT2D eigenvalue weighted by Crippen LogP contribution is -2.60. The smallest absolute Gasteiger partial charge is 0.426 e. The molecule has 54 heavy (non-hydrogen) atoms. The van der Waals surface area contributed by atoms with E-state index in [4.69, 9.17) is 5.73 Å². The quantitative estimate of drug-likeness (QED) is 0.0562. The van der Waals surface area contributed by atoms with Gasteiger partial charge in [0.2, 0.25) is 23.6 Å². The number of hydrogen-bond donors (Lipinski definition) is 9. The first-order chi connectivity index (χ1) is 25.7. The van der Waals surface area contributed by atoms with E-state index in [-0.39, 0.29) is 6.42 Å². The van der Waals surface area contributed by atoms with Gasteiger partial charge < -0.3 is 47.5 Å². The van der Waals surface area contributed by atoms with E-state index >= 15 is 0 Å². The molecule has 2 rings (SSSR count). The van der Waals surface area contributed by atoms with E-state index in [1.54, 1.807) is 12.1 Å². The number of unbranched alkanes of at least 4 members (excludes halogenated alkanes) is 4. The Kier molecular flexibility index (Phi) is 20.5. The van der Waals surface area contributed by atoms with Crippen molar-refractivity contribution in [3.63, 3.8) is 0 Å². The van der Waals surface area contributed by atoms with Crippen LogP contribution in [0.15, 0.2) is 48.5 Å². The van der Waals surface area contributed by atoms with Crippen LogP contribution in [0, 0.1) is 0 Å². The van der Waals surface area contributed by atoms with Crippen molar-refractivity contribution in [3.05, 3.63) is 59.7 Å². The predicted octanol–water partition coefficient (Wildman–Crippen LogP) is 1.88. The van der Waals surface area contributed by atoms with Gasteiger partial charge in [0.15, 0.2) is 0 Å². The Bertz CT molecular complexity index is 1470. The summed E-state index contributed by atoms with van der Waals surface area (Å²) in [6, 6.07) is 10.7. The second-order valence-corrected chi connectivity index (χ2v) is 13.9. The Labute approximate surface area is 320 Å². The standard InChI is InChI=1S/C39H61BN6O8/c1-6-8-10-14-33(45-36(49)31-22-20-30(21-23-31)29-18-16-28(17-19-29)13-9-7-2)38(51)46-34(26(4)47)39(52)42-25(3)35(48)44-32(15-11-12-24-41)37(50)43-27(5)40(53)54/h16-23,25-27,32-34,47,53-54H,6-15,24,41H2,1-5H3,(H,42,52)(H,43,50)(H,44,48)(H,45,49)(H,46,51)/t25-,26?,27-,32-,33-,34-/m0/s1. The summed E-state index contributed by atoms with van der Waals surface area (Å²) in [6.07, 6.45) is 5.81. The lowest BCUT2D eigenvalue weighted by Gasteiger charge is -2.27. The van der Waals surface area contributed by atoms with E-state index in [2.05, 4.69) is 57.8 Å². The maximum absolute atomic E-state index is 13.6. The van der Waals surface area contributed by atoms with E-state index in [9.17, 15) is 39.1 Å². The Morgan fingerprint density at radius 1 is 0.648 bits per heavy atom. The third-order valence-electron chi connectivity index (χ3n) is 9.18. The molecule has 6 atom stereocenters. The van der Waals surface area contributed by atoms with Crippen LogP contribution in [0.1, 0.15) is 108 Å². The summed E-state index contributed by atoms with van der Waals surface area (Å²) in [5.74, 6) is -4.36. The minimum atomic E-state index is -1.81. The number of aliphatic hydroxyl groups excluding tert-OH is 1. The number of nitrogens with two attached hydrogens (primary N) is 1. The summed E-state index contributed by atoms with van der Waals surface area (Å²) in [6.45, 7) is 8.63. The van der Waals surface area contributed by atoms with Gasteiger partial charge in [0.05, 0.1) is 12.0 Å². The van der Waals surface area contributed by atoms with Crippen LogP contribution in [-0.4, -0.2) is 94.6 Å². The molecule has 0 fully saturated rings. The second-order valence-electron chi connectivity index (χ2n) is 13.9. The zero-order valence-electron chi connectivity index (χ0n) is 32.4. The Balaban J connectivity index is 2.11. The molecule has 298 valence electrons. The molecular weight excluding hydrogens is 691 g/mol. The summed E-state index contributed by atoms with van der Waals surface area (Å²) < 4.78 is 0. The molecule has 0 saturated carbocycles. The first kappa shape index (κ1) is 45.9. The largest absolute Gasteiger partial charge is 0.475 e. The van der Waals surface area contributed by atoms with Crippen molar-refractivity contribution >= 4 is 36.7 Å². The molecule has 1 unspecified atom stereocenters. The monoisotopic (exact) mass is 752 g/mol. The molecule has 0 aliphatic carbocycles. The maximum Gasteiger partial charge on any atom is 0.475 e. The summed E-state index contributed by atoms with van der Waals surface area (Å²) in [7, 11) is -1.81. The molecule has 14 nitrogen and oxygen atoms in total. The van der Waals surface area contributed by atoms with Crippen LogP contribution in [0.4, 0.5) is 0 Å². The van der Waals surface area contributed by atoms with Gasteiger partial charge in [-0.15, -0.1) is 0 Å². The molecule has 5 amide bonds. The molecule has 0 aromatic heterocycles. The lowest BCUT2D eigenvalue weighted by atomic mass is 9.81. The molecule has 0 aliphatic rings. The summed E-state index contributed by atoms with van der Waals surface area (Å²) >= 11 is 0. The van der Waals surface area contributed by atoms with Gasteiger partial charge >= 0.3 is 7.12 Å². The molecule has 0 spiro atoms. The topological polar surface area (TPSA) is 232 Å². The number of benzene rings is 2. The van der Waals surface area contributed by atoms with Crippen molar-refractivity contribution in [2.75, 3.05) is 6.54 Å². The second kappa shape index (κ2) is 24.2. The van der Waals surface area contributed by atoms with Gasteiger partial charge in [0.25, 0.3) is 5.91 Å². The molecule has 0 aliphatic heterocycles. The Hall–Kier alpha value is -4.31. The van der Waals surface area contributed by atoms with Gasteiger partial charge in [-0.3, -0.25) is 24.0 Å². The Morgan fingerprint density at radius 3 is 1.72 bits per heavy atom. The highest BCUT2D eigenvalue weighted by Crippen LogP contribution is 2.21. The normalized spacial score (nSPS) is 14.4. The predicted molar refractivity (Wildman–Crippen MR) is 210 cm³/mol. The zero-order valence-corrected chi connectivity index (χ0v) is 32.4. The van der Waals surface area contributed by atoms with E-state index in [0.717, 1.165) is 43.2 Å². The highest BCUT2D eigenvalue weighted by atomic mass is 16.4. The van der Waals surface area contributed by atoms with Crippen molar-refractivity contribution in [1.82, 2.24) is 26.6 Å². The lowest BCUT2D eigenvalue weighted by molar-refractivity contribution is -0.135. The number of amides is 5. The first-order valence-electron chi connectivity index (χ1n) is 19.2. The summed E-state index contributed by atoms with van der Waals surface area (Å²) in [5, 5.41) is 42.1. The van der Waals surface area contributed by atoms with Crippen LogP contribution in [0.5, 0.6) is 0 Å². The highest BCUT2D eigenvalue weighted by molar-refractivity contribution is 6.43. The summed E-state index contributed by atoms with van der Waals surface area (Å²) in [5.41, 5.74) is 9.16. The van der Waals surface area contributed by atoms with Crippen molar-refractivity contribution in [2.24, 2.45) is 5.73 Å². The van der Waals surface area contributed by atoms with E-state index in [1.165, 1.54) is 26.3 Å². The van der Waals surface area contributed by atoms with Crippen LogP contribution >= 0.6 is 0 Å². The molecule has 2 aromatic carbocycles. The van der Waals surface area contributed by atoms with Gasteiger partial charge in [0.1, 0.15) is 24.2 Å². The fraction of sp³-hybridized carbons (Fsp3) is 0.564. The molecule has 2 aromatic rings. The average Bonchev–Trinajstić information content (AvgIpc) is 3.15. The number of aryl methyl sites for hydroxylation is 1. The van der Waals surface area contributed by atoms with Gasteiger partial charge in [0, 0.05) is 5.56 Å². The number of carbonyl (C=O) groups is 5. The number of nitrogens with one attached hydrogen (secondary N) is 5. The molecule has 0 heterocycles. The van der Waals surface area contributed by atoms with E-state index in [1.807, 2.05) is 19.1 Å². The van der Waals surface area contributed by atoms with Crippen LogP contribution in [-0.2, 0) is 25.6 Å². The van der Waals surface area contributed by atoms with Crippen molar-refractivity contribution in [1.29, 1.82) is 0 Å². The SMILES string of the molecule is CCCCC[C@H](NC(=O)c1ccc(-c2ccc(CCCC)cc2)cc1)C(=O)N[C@H](C(=O)N[C@@H](C)C(=O)N[C@@H](CCCCN)C(=O)N[C@@H](C)B(O)O)C(C)O. The number of carbonyl (C=O) groups excluding carboxylic acids is 5. The van der Waals surface area contributed by atoms with E-state index < -0.39 is 72.9 Å². The van der Waals surface area contributed by atoms with Crippen molar-refractivity contribution in [3.8, 4) is 11.1 Å². The zero-order chi connectivity index (χ0) is 40.2. The van der Waals surface area contributed by atoms with Crippen molar-refractivity contribution in [2.45, 2.75) is 135 Å². The molecule has 15 heteroatoms. The van der Waals surface area contributed by atoms with Crippen LogP contribution in [0.2, 0.25) is 0 Å². The number of hydrogen-bond acceptors (Lipinski definition) is 9. The first-order valence-corrected chi connectivity index (χ1v) is 19.2. The van der Waals surface area contributed by atoms with Gasteiger partial charge in [-0.1, -0.05) is 75.9 Å². The fourth-order valence-corrected chi connectivity index (χ4v) is 5.65. The average molecular weight is 753 g/mol. The molecule has 10 N–H and O–H groups in total.